The van der Waals surface area contributed by atoms with E-state index in [0.29, 0.717) is 12.1 Å². The molecular formula is C21H22FNO3. The van der Waals surface area contributed by atoms with Crippen molar-refractivity contribution < 1.29 is 18.7 Å². The third-order valence-electron chi connectivity index (χ3n) is 4.94. The van der Waals surface area contributed by atoms with E-state index in [-0.39, 0.29) is 36.4 Å². The molecule has 2 aromatic rings. The molecule has 1 unspecified atom stereocenters. The number of Topliss-reactive ketones (excluding diaryl/α,β-unsaturated/α-hetero) is 1. The van der Waals surface area contributed by atoms with Gasteiger partial charge in [0.1, 0.15) is 11.6 Å². The van der Waals surface area contributed by atoms with Gasteiger partial charge in [0.25, 0.3) is 0 Å². The molecule has 0 saturated carbocycles. The van der Waals surface area contributed by atoms with Gasteiger partial charge in [-0.2, -0.15) is 0 Å². The zero-order valence-corrected chi connectivity index (χ0v) is 15.0. The maximum absolute atomic E-state index is 12.9. The fourth-order valence-electron chi connectivity index (χ4n) is 3.42. The molecule has 26 heavy (non-hydrogen) atoms. The molecule has 0 N–H and O–H groups in total. The van der Waals surface area contributed by atoms with Crippen molar-refractivity contribution in [2.24, 2.45) is 0 Å². The Hall–Kier alpha value is -2.69. The van der Waals surface area contributed by atoms with Gasteiger partial charge in [0.2, 0.25) is 5.91 Å². The number of nitrogens with zero attached hydrogens (tertiary/aromatic N) is 1. The Kier molecular flexibility index (Phi) is 5.35. The van der Waals surface area contributed by atoms with E-state index >= 15 is 0 Å². The lowest BCUT2D eigenvalue weighted by molar-refractivity contribution is -0.133. The van der Waals surface area contributed by atoms with Crippen LogP contribution in [0.25, 0.3) is 0 Å². The standard InChI is InChI=1S/C21H22FNO3/c1-14-19-8-7-18(26-2)13-16(19)11-12-23(14)21(25)10-9-20(24)15-3-5-17(22)6-4-15/h3-8,13-14H,9-12H2,1-2H3. The van der Waals surface area contributed by atoms with E-state index in [1.165, 1.54) is 29.8 Å². The first-order chi connectivity index (χ1) is 12.5. The van der Waals surface area contributed by atoms with Gasteiger partial charge in [-0.05, 0) is 60.9 Å². The van der Waals surface area contributed by atoms with Crippen LogP contribution in [0.3, 0.4) is 0 Å². The van der Waals surface area contributed by atoms with Gasteiger partial charge in [-0.1, -0.05) is 6.07 Å². The Labute approximate surface area is 152 Å². The van der Waals surface area contributed by atoms with Gasteiger partial charge >= 0.3 is 0 Å². The molecule has 0 saturated heterocycles. The molecule has 0 bridgehead atoms. The summed E-state index contributed by atoms with van der Waals surface area (Å²) in [5, 5.41) is 0. The topological polar surface area (TPSA) is 46.6 Å². The van der Waals surface area contributed by atoms with Gasteiger partial charge in [0.15, 0.2) is 5.78 Å². The summed E-state index contributed by atoms with van der Waals surface area (Å²) in [5.41, 5.74) is 2.75. The van der Waals surface area contributed by atoms with Crippen LogP contribution in [0.4, 0.5) is 4.39 Å². The van der Waals surface area contributed by atoms with Crippen molar-refractivity contribution in [1.29, 1.82) is 0 Å². The molecule has 1 heterocycles. The predicted molar refractivity (Wildman–Crippen MR) is 96.8 cm³/mol. The summed E-state index contributed by atoms with van der Waals surface area (Å²) in [5.74, 6) is 0.262. The van der Waals surface area contributed by atoms with Gasteiger partial charge in [-0.25, -0.2) is 4.39 Å². The molecule has 5 heteroatoms. The molecule has 0 radical (unpaired) electrons. The van der Waals surface area contributed by atoms with Crippen LogP contribution in [-0.4, -0.2) is 30.2 Å². The number of carbonyl (C=O) groups is 2. The van der Waals surface area contributed by atoms with Gasteiger partial charge in [0, 0.05) is 24.9 Å². The summed E-state index contributed by atoms with van der Waals surface area (Å²) >= 11 is 0. The second-order valence-electron chi connectivity index (χ2n) is 6.51. The minimum absolute atomic E-state index is 0.0296. The van der Waals surface area contributed by atoms with Gasteiger partial charge < -0.3 is 9.64 Å². The molecule has 0 aromatic heterocycles. The molecule has 1 aliphatic rings. The second kappa shape index (κ2) is 7.68. The number of amides is 1. The summed E-state index contributed by atoms with van der Waals surface area (Å²) in [7, 11) is 1.64. The summed E-state index contributed by atoms with van der Waals surface area (Å²) < 4.78 is 18.2. The van der Waals surface area contributed by atoms with E-state index in [4.69, 9.17) is 4.74 Å². The SMILES string of the molecule is COc1ccc2c(c1)CCN(C(=O)CCC(=O)c1ccc(F)cc1)C2C. The van der Waals surface area contributed by atoms with Gasteiger partial charge in [0.05, 0.1) is 13.2 Å². The molecule has 3 rings (SSSR count). The number of rotatable bonds is 5. The summed E-state index contributed by atoms with van der Waals surface area (Å²) in [6.45, 7) is 2.63. The zero-order valence-electron chi connectivity index (χ0n) is 15.0. The predicted octanol–water partition coefficient (Wildman–Crippen LogP) is 3.94. The minimum Gasteiger partial charge on any atom is -0.497 e. The Morgan fingerprint density at radius 1 is 1.15 bits per heavy atom. The number of fused-ring (bicyclic) bond motifs is 1. The molecule has 0 aliphatic carbocycles. The third-order valence-corrected chi connectivity index (χ3v) is 4.94. The Morgan fingerprint density at radius 2 is 1.88 bits per heavy atom. The smallest absolute Gasteiger partial charge is 0.223 e. The molecular weight excluding hydrogens is 333 g/mol. The molecule has 2 aromatic carbocycles. The highest BCUT2D eigenvalue weighted by Crippen LogP contribution is 2.32. The van der Waals surface area contributed by atoms with E-state index in [1.807, 2.05) is 30.0 Å². The number of ether oxygens (including phenoxy) is 1. The molecule has 1 atom stereocenters. The average Bonchev–Trinajstić information content (AvgIpc) is 2.66. The molecule has 0 spiro atoms. The maximum Gasteiger partial charge on any atom is 0.223 e. The number of methoxy groups -OCH3 is 1. The number of hydrogen-bond acceptors (Lipinski definition) is 3. The van der Waals surface area contributed by atoms with E-state index in [0.717, 1.165) is 17.7 Å². The summed E-state index contributed by atoms with van der Waals surface area (Å²) in [4.78, 5) is 26.6. The first kappa shape index (κ1) is 18.1. The lowest BCUT2D eigenvalue weighted by Gasteiger charge is -2.35. The van der Waals surface area contributed by atoms with Crippen LogP contribution in [0.5, 0.6) is 5.75 Å². The van der Waals surface area contributed by atoms with Crippen molar-refractivity contribution in [3.63, 3.8) is 0 Å². The monoisotopic (exact) mass is 355 g/mol. The van der Waals surface area contributed by atoms with Crippen molar-refractivity contribution in [3.8, 4) is 5.75 Å². The molecule has 4 nitrogen and oxygen atoms in total. The van der Waals surface area contributed by atoms with Crippen LogP contribution < -0.4 is 4.74 Å². The number of benzene rings is 2. The van der Waals surface area contributed by atoms with E-state index < -0.39 is 0 Å². The number of ketones is 1. The first-order valence-electron chi connectivity index (χ1n) is 8.74. The van der Waals surface area contributed by atoms with Crippen LogP contribution >= 0.6 is 0 Å². The summed E-state index contributed by atoms with van der Waals surface area (Å²) in [6, 6.07) is 11.3. The Morgan fingerprint density at radius 3 is 2.58 bits per heavy atom. The van der Waals surface area contributed by atoms with Crippen molar-refractivity contribution in [3.05, 3.63) is 65.0 Å². The van der Waals surface area contributed by atoms with Gasteiger partial charge in [-0.15, -0.1) is 0 Å². The van der Waals surface area contributed by atoms with Crippen LogP contribution in [0.15, 0.2) is 42.5 Å². The highest BCUT2D eigenvalue weighted by Gasteiger charge is 2.27. The Balaban J connectivity index is 1.63. The molecule has 1 aliphatic heterocycles. The maximum atomic E-state index is 12.9. The zero-order chi connectivity index (χ0) is 18.7. The van der Waals surface area contributed by atoms with Crippen LogP contribution in [0.1, 0.15) is 47.3 Å². The largest absolute Gasteiger partial charge is 0.497 e. The van der Waals surface area contributed by atoms with E-state index in [1.54, 1.807) is 7.11 Å². The third kappa shape index (κ3) is 3.77. The van der Waals surface area contributed by atoms with Gasteiger partial charge in [-0.3, -0.25) is 9.59 Å². The van der Waals surface area contributed by atoms with Crippen LogP contribution in [0, 0.1) is 5.82 Å². The average molecular weight is 355 g/mol. The van der Waals surface area contributed by atoms with E-state index in [2.05, 4.69) is 0 Å². The quantitative estimate of drug-likeness (QED) is 0.763. The van der Waals surface area contributed by atoms with Crippen molar-refractivity contribution >= 4 is 11.7 Å². The molecule has 1 amide bonds. The lowest BCUT2D eigenvalue weighted by Crippen LogP contribution is -2.38. The molecule has 0 fully saturated rings. The highest BCUT2D eigenvalue weighted by molar-refractivity contribution is 5.97. The van der Waals surface area contributed by atoms with Crippen LogP contribution in [-0.2, 0) is 11.2 Å². The second-order valence-corrected chi connectivity index (χ2v) is 6.51. The number of halogens is 1. The van der Waals surface area contributed by atoms with Crippen molar-refractivity contribution in [1.82, 2.24) is 4.90 Å². The lowest BCUT2D eigenvalue weighted by atomic mass is 9.92. The Bertz CT molecular complexity index is 817. The van der Waals surface area contributed by atoms with Crippen molar-refractivity contribution in [2.45, 2.75) is 32.2 Å². The number of carbonyl (C=O) groups excluding carboxylic acids is 2. The highest BCUT2D eigenvalue weighted by atomic mass is 19.1. The number of hydrogen-bond donors (Lipinski definition) is 0. The van der Waals surface area contributed by atoms with Crippen LogP contribution in [0.2, 0.25) is 0 Å². The fourth-order valence-corrected chi connectivity index (χ4v) is 3.42. The first-order valence-corrected chi connectivity index (χ1v) is 8.74. The summed E-state index contributed by atoms with van der Waals surface area (Å²) in [6.07, 6.45) is 1.06. The van der Waals surface area contributed by atoms with Crippen molar-refractivity contribution in [2.75, 3.05) is 13.7 Å². The fraction of sp³-hybridized carbons (Fsp3) is 0.333. The minimum atomic E-state index is -0.380. The normalized spacial score (nSPS) is 16.1. The molecule has 136 valence electrons. The van der Waals surface area contributed by atoms with E-state index in [9.17, 15) is 14.0 Å².